The molecule has 0 spiro atoms. The van der Waals surface area contributed by atoms with E-state index in [0.717, 1.165) is 11.1 Å². The van der Waals surface area contributed by atoms with Crippen LogP contribution in [-0.4, -0.2) is 16.2 Å². The average molecular weight is 310 g/mol. The normalized spacial score (nSPS) is 10.3. The Kier molecular flexibility index (Phi) is 5.34. The van der Waals surface area contributed by atoms with Crippen molar-refractivity contribution in [3.63, 3.8) is 0 Å². The Balaban J connectivity index is 2.46. The van der Waals surface area contributed by atoms with Crippen LogP contribution in [0.5, 0.6) is 0 Å². The van der Waals surface area contributed by atoms with E-state index >= 15 is 0 Å². The van der Waals surface area contributed by atoms with Crippen molar-refractivity contribution >= 4 is 0 Å². The Labute approximate surface area is 134 Å². The molecule has 1 aromatic heterocycles. The summed E-state index contributed by atoms with van der Waals surface area (Å²) in [5.74, 6) is 2.57. The molecule has 1 N–H and O–H groups in total. The van der Waals surface area contributed by atoms with E-state index in [1.54, 1.807) is 13.0 Å². The molecule has 23 heavy (non-hydrogen) atoms. The molecule has 1 heterocycles. The molecule has 0 atom stereocenters. The maximum atomic E-state index is 12.1. The van der Waals surface area contributed by atoms with Crippen LogP contribution in [0.4, 0.5) is 0 Å². The van der Waals surface area contributed by atoms with Gasteiger partial charge in [0.1, 0.15) is 6.73 Å². The Morgan fingerprint density at radius 3 is 2.91 bits per heavy atom. The molecular weight excluding hydrogens is 292 g/mol. The predicted molar refractivity (Wildman–Crippen MR) is 89.4 cm³/mol. The minimum Gasteiger partial charge on any atom is -0.357 e. The van der Waals surface area contributed by atoms with E-state index in [9.17, 15) is 9.59 Å². The maximum Gasteiger partial charge on any atom is 0.330 e. The van der Waals surface area contributed by atoms with E-state index in [0.29, 0.717) is 24.3 Å². The smallest absolute Gasteiger partial charge is 0.330 e. The van der Waals surface area contributed by atoms with Gasteiger partial charge < -0.3 is 4.74 Å². The van der Waals surface area contributed by atoms with E-state index < -0.39 is 11.2 Å². The average Bonchev–Trinajstić information content (AvgIpc) is 2.55. The van der Waals surface area contributed by atoms with Crippen LogP contribution in [0.25, 0.3) is 0 Å². The number of rotatable bonds is 6. The van der Waals surface area contributed by atoms with Crippen molar-refractivity contribution in [2.45, 2.75) is 20.1 Å². The Hall–Kier alpha value is -2.84. The third-order valence-electron chi connectivity index (χ3n) is 3.49. The van der Waals surface area contributed by atoms with Gasteiger partial charge in [0.25, 0.3) is 5.56 Å². The van der Waals surface area contributed by atoms with Gasteiger partial charge in [-0.15, -0.1) is 13.0 Å². The van der Waals surface area contributed by atoms with E-state index in [4.69, 9.17) is 11.2 Å². The largest absolute Gasteiger partial charge is 0.357 e. The lowest BCUT2D eigenvalue weighted by Gasteiger charge is -2.14. The van der Waals surface area contributed by atoms with Crippen LogP contribution in [0, 0.1) is 19.3 Å². The van der Waals surface area contributed by atoms with Gasteiger partial charge in [0, 0.05) is 23.2 Å². The molecule has 2 rings (SSSR count). The zero-order chi connectivity index (χ0) is 16.8. The monoisotopic (exact) mass is 310 g/mol. The first-order valence-electron chi connectivity index (χ1n) is 7.13. The Morgan fingerprint density at radius 1 is 1.43 bits per heavy atom. The third kappa shape index (κ3) is 3.87. The number of hydrogen-bond acceptors (Lipinski definition) is 3. The number of nitrogens with zero attached hydrogens (tertiary/aromatic N) is 1. The van der Waals surface area contributed by atoms with Gasteiger partial charge in [0.05, 0.1) is 6.61 Å². The molecule has 1 aromatic carbocycles. The number of H-pyrrole nitrogens is 1. The number of ether oxygens (including phenoxy) is 1. The van der Waals surface area contributed by atoms with Crippen molar-refractivity contribution in [2.24, 2.45) is 0 Å². The first-order chi connectivity index (χ1) is 11.1. The van der Waals surface area contributed by atoms with Gasteiger partial charge in [-0.25, -0.2) is 4.79 Å². The molecular formula is C18H18N2O3. The van der Waals surface area contributed by atoms with Gasteiger partial charge in [-0.1, -0.05) is 24.1 Å². The molecule has 0 amide bonds. The summed E-state index contributed by atoms with van der Waals surface area (Å²) in [5.41, 5.74) is 1.88. The lowest BCUT2D eigenvalue weighted by molar-refractivity contribution is 0.0943. The summed E-state index contributed by atoms with van der Waals surface area (Å²) in [6.45, 7) is 5.61. The molecule has 5 nitrogen and oxygen atoms in total. The summed E-state index contributed by atoms with van der Waals surface area (Å²) >= 11 is 0. The van der Waals surface area contributed by atoms with Crippen LogP contribution in [-0.2, 0) is 17.9 Å². The van der Waals surface area contributed by atoms with Gasteiger partial charge in [0.2, 0.25) is 0 Å². The number of aromatic nitrogens is 2. The van der Waals surface area contributed by atoms with Gasteiger partial charge >= 0.3 is 5.69 Å². The highest BCUT2D eigenvalue weighted by Crippen LogP contribution is 2.12. The second-order valence-electron chi connectivity index (χ2n) is 5.07. The van der Waals surface area contributed by atoms with Crippen LogP contribution in [0.2, 0.25) is 0 Å². The minimum absolute atomic E-state index is 0.0483. The van der Waals surface area contributed by atoms with Crippen molar-refractivity contribution in [3.05, 3.63) is 80.1 Å². The van der Waals surface area contributed by atoms with Crippen molar-refractivity contribution in [2.75, 3.05) is 6.61 Å². The van der Waals surface area contributed by atoms with Crippen LogP contribution in [0.1, 0.15) is 22.4 Å². The van der Waals surface area contributed by atoms with E-state index in [2.05, 4.69) is 17.5 Å². The molecule has 5 heteroatoms. The number of aromatic amines is 1. The topological polar surface area (TPSA) is 64.1 Å². The van der Waals surface area contributed by atoms with Gasteiger partial charge in [-0.3, -0.25) is 14.3 Å². The fraction of sp³-hybridized carbons (Fsp3) is 0.222. The van der Waals surface area contributed by atoms with E-state index in [1.807, 2.05) is 24.3 Å². The van der Waals surface area contributed by atoms with Gasteiger partial charge in [-0.05, 0) is 24.6 Å². The molecule has 2 aromatic rings. The molecule has 0 aliphatic rings. The Morgan fingerprint density at radius 2 is 2.22 bits per heavy atom. The summed E-state index contributed by atoms with van der Waals surface area (Å²) in [7, 11) is 0. The van der Waals surface area contributed by atoms with Crippen molar-refractivity contribution in [1.82, 2.24) is 9.55 Å². The first-order valence-corrected chi connectivity index (χ1v) is 7.13. The molecule has 0 aliphatic heterocycles. The molecule has 0 aliphatic carbocycles. The molecule has 0 unspecified atom stereocenters. The third-order valence-corrected chi connectivity index (χ3v) is 3.49. The highest BCUT2D eigenvalue weighted by atomic mass is 16.5. The standard InChI is InChI=1S/C18H18N2O3/c1-4-9-23-12-20-16(13(3)17(21)19-18(20)22)11-15-8-6-7-14(5-2)10-15/h2,4,6-8,10H,1,9,11-12H2,3H3,(H,19,21,22). The fourth-order valence-corrected chi connectivity index (χ4v) is 2.27. The quantitative estimate of drug-likeness (QED) is 0.500. The number of hydrogen-bond donors (Lipinski definition) is 1. The number of benzene rings is 1. The molecule has 0 bridgehead atoms. The minimum atomic E-state index is -0.493. The molecule has 0 saturated heterocycles. The van der Waals surface area contributed by atoms with Gasteiger partial charge in [0.15, 0.2) is 0 Å². The number of terminal acetylenes is 1. The molecule has 0 radical (unpaired) electrons. The summed E-state index contributed by atoms with van der Waals surface area (Å²) in [6, 6.07) is 7.44. The molecule has 118 valence electrons. The summed E-state index contributed by atoms with van der Waals surface area (Å²) in [6.07, 6.45) is 7.42. The zero-order valence-electron chi connectivity index (χ0n) is 13.0. The highest BCUT2D eigenvalue weighted by Gasteiger charge is 2.12. The second-order valence-corrected chi connectivity index (χ2v) is 5.07. The maximum absolute atomic E-state index is 12.1. The van der Waals surface area contributed by atoms with Crippen molar-refractivity contribution in [1.29, 1.82) is 0 Å². The van der Waals surface area contributed by atoms with Crippen molar-refractivity contribution < 1.29 is 4.74 Å². The Bertz CT molecular complexity index is 869. The van der Waals surface area contributed by atoms with E-state index in [1.165, 1.54) is 4.57 Å². The van der Waals surface area contributed by atoms with E-state index in [-0.39, 0.29) is 6.73 Å². The van der Waals surface area contributed by atoms with Crippen LogP contribution >= 0.6 is 0 Å². The summed E-state index contributed by atoms with van der Waals surface area (Å²) in [4.78, 5) is 26.3. The second kappa shape index (κ2) is 7.43. The first kappa shape index (κ1) is 16.5. The predicted octanol–water partition coefficient (Wildman–Crippen LogP) is 1.58. The van der Waals surface area contributed by atoms with Crippen LogP contribution in [0.15, 0.2) is 46.5 Å². The summed E-state index contributed by atoms with van der Waals surface area (Å²) < 4.78 is 6.78. The molecule has 0 fully saturated rings. The van der Waals surface area contributed by atoms with Gasteiger partial charge in [-0.2, -0.15) is 0 Å². The van der Waals surface area contributed by atoms with Crippen LogP contribution in [0.3, 0.4) is 0 Å². The van der Waals surface area contributed by atoms with Crippen LogP contribution < -0.4 is 11.2 Å². The van der Waals surface area contributed by atoms with Crippen molar-refractivity contribution in [3.8, 4) is 12.3 Å². The lowest BCUT2D eigenvalue weighted by atomic mass is 10.0. The number of nitrogens with one attached hydrogen (secondary N) is 1. The molecule has 0 saturated carbocycles. The lowest BCUT2D eigenvalue weighted by Crippen LogP contribution is -2.35. The SMILES string of the molecule is C#Cc1cccc(Cc2c(C)c(=O)[nH]c(=O)n2COCC=C)c1. The summed E-state index contributed by atoms with van der Waals surface area (Å²) in [5, 5.41) is 0. The highest BCUT2D eigenvalue weighted by molar-refractivity contribution is 5.37. The fourth-order valence-electron chi connectivity index (χ4n) is 2.27. The zero-order valence-corrected chi connectivity index (χ0v) is 13.0.